The maximum Gasteiger partial charge on any atom is 0.322 e. The smallest absolute Gasteiger partial charge is 0.322 e. The van der Waals surface area contributed by atoms with E-state index in [0.29, 0.717) is 22.6 Å². The molecule has 3 heterocycles. The molecule has 1 aliphatic heterocycles. The van der Waals surface area contributed by atoms with Gasteiger partial charge in [-0.3, -0.25) is 9.78 Å². The number of nitrogens with one attached hydrogen (secondary N) is 1. The van der Waals surface area contributed by atoms with E-state index in [1.54, 1.807) is 30.1 Å². The molecule has 0 spiro atoms. The summed E-state index contributed by atoms with van der Waals surface area (Å²) in [4.78, 5) is 16.7. The van der Waals surface area contributed by atoms with Gasteiger partial charge in [-0.25, -0.2) is 4.68 Å². The molecule has 0 saturated carbocycles. The predicted molar refractivity (Wildman–Crippen MR) is 103 cm³/mol. The summed E-state index contributed by atoms with van der Waals surface area (Å²) in [5, 5.41) is 9.10. The first-order valence-corrected chi connectivity index (χ1v) is 9.65. The number of rotatable bonds is 4. The molecule has 0 radical (unpaired) electrons. The van der Waals surface area contributed by atoms with E-state index in [-0.39, 0.29) is 5.97 Å². The summed E-state index contributed by atoms with van der Waals surface area (Å²) in [5.74, 6) is 0.294. The number of hydrogen-bond acceptors (Lipinski definition) is 7. The maximum atomic E-state index is 12.6. The van der Waals surface area contributed by atoms with Gasteiger partial charge in [-0.1, -0.05) is 41.6 Å². The average Bonchev–Trinajstić information content (AvgIpc) is 3.11. The summed E-state index contributed by atoms with van der Waals surface area (Å²) in [7, 11) is 0. The van der Waals surface area contributed by atoms with E-state index in [4.69, 9.17) is 16.3 Å². The first-order chi connectivity index (χ1) is 13.2. The number of fused-ring (bicyclic) bond motifs is 1. The van der Waals surface area contributed by atoms with E-state index >= 15 is 0 Å². The number of carbonyl (C=O) groups excluding carboxylic acids is 1. The standard InChI is InChI=1S/C18H16ClN5O2S/c1-2-26-17(25)15-14(12-7-3-4-8-13(12)19)23-24-16(21-22-18(24)27-15)11-6-5-9-20-10-11/h3-10,14-15,23H,2H2,1H3/t14-,15-/m1/s1. The van der Waals surface area contributed by atoms with Crippen LogP contribution in [0.1, 0.15) is 18.5 Å². The number of halogens is 1. The average molecular weight is 402 g/mol. The lowest BCUT2D eigenvalue weighted by molar-refractivity contribution is -0.142. The number of nitrogens with zero attached hydrogens (tertiary/aromatic N) is 4. The highest BCUT2D eigenvalue weighted by Crippen LogP contribution is 2.40. The summed E-state index contributed by atoms with van der Waals surface area (Å²) in [5.41, 5.74) is 4.97. The molecule has 0 fully saturated rings. The zero-order valence-corrected chi connectivity index (χ0v) is 15.9. The molecule has 1 aromatic carbocycles. The normalized spacial score (nSPS) is 18.4. The van der Waals surface area contributed by atoms with Crippen LogP contribution in [0, 0.1) is 0 Å². The van der Waals surface area contributed by atoms with Crippen LogP contribution in [0.5, 0.6) is 0 Å². The third-order valence-electron chi connectivity index (χ3n) is 4.12. The molecule has 9 heteroatoms. The molecule has 138 valence electrons. The Morgan fingerprint density at radius 3 is 2.89 bits per heavy atom. The molecule has 0 bridgehead atoms. The van der Waals surface area contributed by atoms with Gasteiger partial charge < -0.3 is 10.2 Å². The van der Waals surface area contributed by atoms with Crippen molar-refractivity contribution in [3.8, 4) is 11.4 Å². The second-order valence-electron chi connectivity index (χ2n) is 5.80. The number of ether oxygens (including phenoxy) is 1. The lowest BCUT2D eigenvalue weighted by Gasteiger charge is -2.32. The number of benzene rings is 1. The van der Waals surface area contributed by atoms with Gasteiger partial charge in [-0.15, -0.1) is 10.2 Å². The number of carbonyl (C=O) groups is 1. The SMILES string of the molecule is CCOC(=O)[C@@H]1Sc2nnc(-c3cccnc3)n2N[C@@H]1c1ccccc1Cl. The van der Waals surface area contributed by atoms with Crippen LogP contribution in [0.25, 0.3) is 11.4 Å². The zero-order chi connectivity index (χ0) is 18.8. The fraction of sp³-hybridized carbons (Fsp3) is 0.222. The second kappa shape index (κ2) is 7.58. The van der Waals surface area contributed by atoms with Crippen LogP contribution in [0.15, 0.2) is 53.9 Å². The second-order valence-corrected chi connectivity index (χ2v) is 7.32. The monoisotopic (exact) mass is 401 g/mol. The highest BCUT2D eigenvalue weighted by atomic mass is 35.5. The molecule has 7 nitrogen and oxygen atoms in total. The Hall–Kier alpha value is -2.58. The first kappa shape index (κ1) is 17.8. The van der Waals surface area contributed by atoms with Crippen LogP contribution in [0.4, 0.5) is 0 Å². The van der Waals surface area contributed by atoms with Gasteiger partial charge in [0.15, 0.2) is 5.82 Å². The Morgan fingerprint density at radius 1 is 1.30 bits per heavy atom. The van der Waals surface area contributed by atoms with Crippen LogP contribution in [-0.2, 0) is 9.53 Å². The predicted octanol–water partition coefficient (Wildman–Crippen LogP) is 3.32. The Kier molecular flexibility index (Phi) is 5.00. The number of aromatic nitrogens is 4. The summed E-state index contributed by atoms with van der Waals surface area (Å²) in [6, 6.07) is 10.8. The Balaban J connectivity index is 1.77. The molecule has 0 unspecified atom stereocenters. The topological polar surface area (TPSA) is 81.9 Å². The third kappa shape index (κ3) is 3.38. The van der Waals surface area contributed by atoms with Gasteiger partial charge >= 0.3 is 5.97 Å². The van der Waals surface area contributed by atoms with Crippen molar-refractivity contribution in [1.82, 2.24) is 19.9 Å². The minimum absolute atomic E-state index is 0.304. The lowest BCUT2D eigenvalue weighted by atomic mass is 10.0. The van der Waals surface area contributed by atoms with Crippen LogP contribution >= 0.6 is 23.4 Å². The molecule has 27 heavy (non-hydrogen) atoms. The molecular formula is C18H16ClN5O2S. The lowest BCUT2D eigenvalue weighted by Crippen LogP contribution is -2.40. The molecule has 3 aromatic rings. The first-order valence-electron chi connectivity index (χ1n) is 8.39. The van der Waals surface area contributed by atoms with Gasteiger partial charge in [0.2, 0.25) is 5.16 Å². The molecule has 0 aliphatic carbocycles. The maximum absolute atomic E-state index is 12.6. The molecule has 0 amide bonds. The van der Waals surface area contributed by atoms with Crippen molar-refractivity contribution in [2.75, 3.05) is 12.0 Å². The van der Waals surface area contributed by atoms with Gasteiger partial charge in [0, 0.05) is 23.0 Å². The highest BCUT2D eigenvalue weighted by molar-refractivity contribution is 8.00. The number of esters is 1. The molecule has 2 aromatic heterocycles. The Labute approximate surface area is 165 Å². The fourth-order valence-electron chi connectivity index (χ4n) is 2.90. The van der Waals surface area contributed by atoms with Gasteiger partial charge in [-0.05, 0) is 30.7 Å². The van der Waals surface area contributed by atoms with E-state index in [1.165, 1.54) is 11.8 Å². The van der Waals surface area contributed by atoms with E-state index in [2.05, 4.69) is 20.6 Å². The molecule has 1 aliphatic rings. The molecule has 2 atom stereocenters. The molecular weight excluding hydrogens is 386 g/mol. The highest BCUT2D eigenvalue weighted by Gasteiger charge is 2.39. The van der Waals surface area contributed by atoms with Crippen LogP contribution in [0.2, 0.25) is 5.02 Å². The van der Waals surface area contributed by atoms with Crippen molar-refractivity contribution in [3.05, 3.63) is 59.4 Å². The van der Waals surface area contributed by atoms with Crippen molar-refractivity contribution < 1.29 is 9.53 Å². The van der Waals surface area contributed by atoms with Crippen molar-refractivity contribution >= 4 is 29.3 Å². The van der Waals surface area contributed by atoms with Gasteiger partial charge in [0.25, 0.3) is 0 Å². The summed E-state index contributed by atoms with van der Waals surface area (Å²) in [6.07, 6.45) is 3.41. The number of thioether (sulfide) groups is 1. The van der Waals surface area contributed by atoms with Crippen LogP contribution in [-0.4, -0.2) is 37.7 Å². The van der Waals surface area contributed by atoms with E-state index in [1.807, 2.05) is 30.3 Å². The van der Waals surface area contributed by atoms with Crippen molar-refractivity contribution in [2.24, 2.45) is 0 Å². The van der Waals surface area contributed by atoms with Gasteiger partial charge in [-0.2, -0.15) is 0 Å². The molecule has 0 saturated heterocycles. The molecule has 1 N–H and O–H groups in total. The summed E-state index contributed by atoms with van der Waals surface area (Å²) >= 11 is 7.72. The largest absolute Gasteiger partial charge is 0.465 e. The number of hydrogen-bond donors (Lipinski definition) is 1. The van der Waals surface area contributed by atoms with Crippen LogP contribution < -0.4 is 5.43 Å². The van der Waals surface area contributed by atoms with E-state index < -0.39 is 11.3 Å². The van der Waals surface area contributed by atoms with Gasteiger partial charge in [0.05, 0.1) is 12.6 Å². The third-order valence-corrected chi connectivity index (χ3v) is 5.65. The quantitative estimate of drug-likeness (QED) is 0.671. The minimum atomic E-state index is -0.539. The van der Waals surface area contributed by atoms with Crippen molar-refractivity contribution in [2.45, 2.75) is 23.4 Å². The van der Waals surface area contributed by atoms with Crippen molar-refractivity contribution in [1.29, 1.82) is 0 Å². The summed E-state index contributed by atoms with van der Waals surface area (Å²) in [6.45, 7) is 2.09. The number of pyridine rings is 1. The Morgan fingerprint density at radius 2 is 2.15 bits per heavy atom. The van der Waals surface area contributed by atoms with E-state index in [9.17, 15) is 4.79 Å². The zero-order valence-electron chi connectivity index (χ0n) is 14.4. The van der Waals surface area contributed by atoms with Crippen molar-refractivity contribution in [3.63, 3.8) is 0 Å². The van der Waals surface area contributed by atoms with Crippen LogP contribution in [0.3, 0.4) is 0 Å². The fourth-order valence-corrected chi connectivity index (χ4v) is 4.22. The van der Waals surface area contributed by atoms with Gasteiger partial charge in [0.1, 0.15) is 5.25 Å². The van der Waals surface area contributed by atoms with E-state index in [0.717, 1.165) is 11.1 Å². The summed E-state index contributed by atoms with van der Waals surface area (Å²) < 4.78 is 7.04. The minimum Gasteiger partial charge on any atom is -0.465 e. The Bertz CT molecular complexity index is 965. The molecule has 4 rings (SSSR count).